The van der Waals surface area contributed by atoms with E-state index in [1.807, 2.05) is 19.9 Å². The van der Waals surface area contributed by atoms with Crippen molar-refractivity contribution in [3.8, 4) is 0 Å². The van der Waals surface area contributed by atoms with Gasteiger partial charge in [-0.15, -0.1) is 11.3 Å². The van der Waals surface area contributed by atoms with Crippen molar-refractivity contribution in [3.63, 3.8) is 0 Å². The van der Waals surface area contributed by atoms with Crippen LogP contribution in [-0.2, 0) is 4.74 Å². The number of hydrogen-bond donors (Lipinski definition) is 3. The molecule has 0 fully saturated rings. The number of ether oxygens (including phenoxy) is 1. The zero-order valence-electron chi connectivity index (χ0n) is 11.7. The molecule has 0 atom stereocenters. The van der Waals surface area contributed by atoms with Crippen LogP contribution in [0.3, 0.4) is 0 Å². The van der Waals surface area contributed by atoms with Crippen LogP contribution in [0.25, 0.3) is 10.1 Å². The summed E-state index contributed by atoms with van der Waals surface area (Å²) in [5.74, 6) is -0.307. The highest BCUT2D eigenvalue weighted by Crippen LogP contribution is 2.35. The van der Waals surface area contributed by atoms with Crippen LogP contribution in [0.1, 0.15) is 21.1 Å². The van der Waals surface area contributed by atoms with E-state index in [-0.39, 0.29) is 19.1 Å². The zero-order chi connectivity index (χ0) is 15.6. The number of primary amides is 1. The van der Waals surface area contributed by atoms with Crippen LogP contribution in [0.15, 0.2) is 6.07 Å². The highest BCUT2D eigenvalue weighted by molar-refractivity contribution is 7.21. The Morgan fingerprint density at radius 1 is 1.43 bits per heavy atom. The lowest BCUT2D eigenvalue weighted by atomic mass is 10.2. The second kappa shape index (κ2) is 5.96. The molecule has 2 heterocycles. The summed E-state index contributed by atoms with van der Waals surface area (Å²) in [6, 6.07) is 1.90. The molecule has 0 saturated carbocycles. The van der Waals surface area contributed by atoms with E-state index >= 15 is 0 Å². The van der Waals surface area contributed by atoms with Crippen molar-refractivity contribution in [1.82, 2.24) is 10.3 Å². The molecule has 2 rings (SSSR count). The molecule has 0 radical (unpaired) electrons. The average molecular weight is 308 g/mol. The summed E-state index contributed by atoms with van der Waals surface area (Å²) < 4.78 is 5.47. The smallest absolute Gasteiger partial charge is 0.404 e. The molecule has 2 aromatic rings. The first-order valence-corrected chi connectivity index (χ1v) is 7.08. The van der Waals surface area contributed by atoms with Gasteiger partial charge in [0, 0.05) is 21.5 Å². The van der Waals surface area contributed by atoms with Gasteiger partial charge in [-0.25, -0.2) is 4.79 Å². The number of nitrogens with zero attached hydrogens (tertiary/aromatic N) is 1. The number of nitrogen functional groups attached to an aromatic ring is 1. The standard InChI is InChI=1S/C13H16N4O3S/c1-6-5-8-9(7(2)17-6)10(14)11(21-8)12(18)16-3-4-20-13(15)19/h5H,3-4,14H2,1-2H3,(H2,15,19)(H,16,18). The van der Waals surface area contributed by atoms with Gasteiger partial charge in [0.05, 0.1) is 12.2 Å². The first kappa shape index (κ1) is 15.0. The number of anilines is 1. The predicted octanol–water partition coefficient (Wildman–Crippen LogP) is 1.32. The summed E-state index contributed by atoms with van der Waals surface area (Å²) in [4.78, 5) is 27.3. The molecule has 0 aliphatic carbocycles. The molecule has 8 heteroatoms. The van der Waals surface area contributed by atoms with E-state index in [0.29, 0.717) is 10.6 Å². The van der Waals surface area contributed by atoms with Gasteiger partial charge in [-0.05, 0) is 19.9 Å². The Bertz CT molecular complexity index is 711. The van der Waals surface area contributed by atoms with Gasteiger partial charge in [-0.2, -0.15) is 0 Å². The summed E-state index contributed by atoms with van der Waals surface area (Å²) in [6.45, 7) is 3.95. The monoisotopic (exact) mass is 308 g/mol. The first-order valence-electron chi connectivity index (χ1n) is 6.26. The topological polar surface area (TPSA) is 120 Å². The predicted molar refractivity (Wildman–Crippen MR) is 81.4 cm³/mol. The minimum Gasteiger partial charge on any atom is -0.448 e. The second-order valence-electron chi connectivity index (χ2n) is 4.49. The van der Waals surface area contributed by atoms with Gasteiger partial charge >= 0.3 is 6.09 Å². The number of aromatic nitrogens is 1. The van der Waals surface area contributed by atoms with E-state index in [1.165, 1.54) is 11.3 Å². The Hall–Kier alpha value is -2.35. The number of aryl methyl sites for hydroxylation is 2. The van der Waals surface area contributed by atoms with Crippen molar-refractivity contribution >= 4 is 39.1 Å². The zero-order valence-corrected chi connectivity index (χ0v) is 12.5. The van der Waals surface area contributed by atoms with Crippen LogP contribution in [-0.4, -0.2) is 30.1 Å². The number of nitrogens with one attached hydrogen (secondary N) is 1. The number of hydrogen-bond acceptors (Lipinski definition) is 6. The molecule has 0 unspecified atom stereocenters. The van der Waals surface area contributed by atoms with Crippen molar-refractivity contribution in [2.24, 2.45) is 5.73 Å². The van der Waals surface area contributed by atoms with Crippen LogP contribution < -0.4 is 16.8 Å². The summed E-state index contributed by atoms with van der Waals surface area (Å²) in [7, 11) is 0. The third kappa shape index (κ3) is 3.22. The van der Waals surface area contributed by atoms with E-state index < -0.39 is 6.09 Å². The summed E-state index contributed by atoms with van der Waals surface area (Å²) >= 11 is 1.32. The Morgan fingerprint density at radius 3 is 2.81 bits per heavy atom. The molecular formula is C13H16N4O3S. The maximum atomic E-state index is 12.1. The molecule has 0 spiro atoms. The third-order valence-corrected chi connectivity index (χ3v) is 4.01. The van der Waals surface area contributed by atoms with Crippen LogP contribution in [0, 0.1) is 13.8 Å². The largest absolute Gasteiger partial charge is 0.448 e. The maximum absolute atomic E-state index is 12.1. The lowest BCUT2D eigenvalue weighted by molar-refractivity contribution is 0.0941. The Labute approximate surface area is 125 Å². The van der Waals surface area contributed by atoms with Crippen molar-refractivity contribution in [1.29, 1.82) is 0 Å². The number of rotatable bonds is 4. The van der Waals surface area contributed by atoms with Gasteiger partial charge in [0.2, 0.25) is 0 Å². The normalized spacial score (nSPS) is 10.6. The summed E-state index contributed by atoms with van der Waals surface area (Å²) in [5.41, 5.74) is 13.0. The lowest BCUT2D eigenvalue weighted by Gasteiger charge is -2.04. The number of carbonyl (C=O) groups excluding carboxylic acids is 2. The number of thiophene rings is 1. The number of fused-ring (bicyclic) bond motifs is 1. The molecule has 5 N–H and O–H groups in total. The van der Waals surface area contributed by atoms with Crippen LogP contribution >= 0.6 is 11.3 Å². The molecule has 0 bridgehead atoms. The molecule has 0 aliphatic heterocycles. The summed E-state index contributed by atoms with van der Waals surface area (Å²) in [5, 5.41) is 3.44. The van der Waals surface area contributed by atoms with E-state index in [1.54, 1.807) is 0 Å². The Morgan fingerprint density at radius 2 is 2.14 bits per heavy atom. The van der Waals surface area contributed by atoms with Crippen LogP contribution in [0.2, 0.25) is 0 Å². The average Bonchev–Trinajstić information content (AvgIpc) is 2.71. The molecule has 0 saturated heterocycles. The molecule has 21 heavy (non-hydrogen) atoms. The maximum Gasteiger partial charge on any atom is 0.404 e. The SMILES string of the molecule is Cc1cc2sc(C(=O)NCCOC(N)=O)c(N)c2c(C)n1. The van der Waals surface area contributed by atoms with Crippen LogP contribution in [0.5, 0.6) is 0 Å². The minimum absolute atomic E-state index is 0.0194. The number of carbonyl (C=O) groups is 2. The van der Waals surface area contributed by atoms with E-state index in [4.69, 9.17) is 11.5 Å². The van der Waals surface area contributed by atoms with E-state index in [0.717, 1.165) is 21.5 Å². The number of amides is 2. The molecule has 112 valence electrons. The molecule has 0 aromatic carbocycles. The fraction of sp³-hybridized carbons (Fsp3) is 0.308. The van der Waals surface area contributed by atoms with Crippen molar-refractivity contribution in [2.45, 2.75) is 13.8 Å². The van der Waals surface area contributed by atoms with Gasteiger partial charge in [-0.1, -0.05) is 0 Å². The fourth-order valence-corrected chi connectivity index (χ4v) is 3.23. The van der Waals surface area contributed by atoms with Crippen LogP contribution in [0.4, 0.5) is 10.5 Å². The molecule has 0 aliphatic rings. The van der Waals surface area contributed by atoms with Gasteiger partial charge in [0.1, 0.15) is 11.5 Å². The quantitative estimate of drug-likeness (QED) is 0.736. The number of pyridine rings is 1. The third-order valence-electron chi connectivity index (χ3n) is 2.86. The second-order valence-corrected chi connectivity index (χ2v) is 5.54. The Balaban J connectivity index is 2.18. The fourth-order valence-electron chi connectivity index (χ4n) is 2.04. The van der Waals surface area contributed by atoms with Gasteiger partial charge < -0.3 is 21.5 Å². The van der Waals surface area contributed by atoms with E-state index in [9.17, 15) is 9.59 Å². The van der Waals surface area contributed by atoms with Gasteiger partial charge in [-0.3, -0.25) is 9.78 Å². The summed E-state index contributed by atoms with van der Waals surface area (Å²) in [6.07, 6.45) is -0.872. The van der Waals surface area contributed by atoms with Gasteiger partial charge in [0.15, 0.2) is 0 Å². The Kier molecular flexibility index (Phi) is 4.27. The minimum atomic E-state index is -0.872. The molecule has 2 amide bonds. The van der Waals surface area contributed by atoms with Crippen molar-refractivity contribution < 1.29 is 14.3 Å². The highest BCUT2D eigenvalue weighted by Gasteiger charge is 2.18. The van der Waals surface area contributed by atoms with E-state index in [2.05, 4.69) is 15.0 Å². The highest BCUT2D eigenvalue weighted by atomic mass is 32.1. The molecule has 7 nitrogen and oxygen atoms in total. The van der Waals surface area contributed by atoms with Crippen molar-refractivity contribution in [2.75, 3.05) is 18.9 Å². The van der Waals surface area contributed by atoms with Crippen molar-refractivity contribution in [3.05, 3.63) is 22.3 Å². The van der Waals surface area contributed by atoms with Gasteiger partial charge in [0.25, 0.3) is 5.91 Å². The number of nitrogens with two attached hydrogens (primary N) is 2. The first-order chi connectivity index (χ1) is 9.90. The lowest BCUT2D eigenvalue weighted by Crippen LogP contribution is -2.28. The molecular weight excluding hydrogens is 292 g/mol. The molecule has 2 aromatic heterocycles.